The van der Waals surface area contributed by atoms with E-state index in [0.717, 1.165) is 51.7 Å². The first kappa shape index (κ1) is 18.0. The van der Waals surface area contributed by atoms with Gasteiger partial charge < -0.3 is 20.0 Å². The van der Waals surface area contributed by atoms with Gasteiger partial charge in [-0.15, -0.1) is 0 Å². The van der Waals surface area contributed by atoms with Crippen molar-refractivity contribution in [3.05, 3.63) is 0 Å². The zero-order chi connectivity index (χ0) is 18.5. The summed E-state index contributed by atoms with van der Waals surface area (Å²) in [6.45, 7) is 4.85. The zero-order valence-electron chi connectivity index (χ0n) is 15.6. The highest BCUT2D eigenvalue weighted by atomic mass is 16.4. The van der Waals surface area contributed by atoms with Gasteiger partial charge in [0, 0.05) is 31.7 Å². The molecule has 1 saturated carbocycles. The minimum absolute atomic E-state index is 0.0234. The van der Waals surface area contributed by atoms with E-state index in [9.17, 15) is 19.8 Å². The third-order valence-corrected chi connectivity index (χ3v) is 7.33. The minimum Gasteiger partial charge on any atom is -0.465 e. The van der Waals surface area contributed by atoms with Gasteiger partial charge in [0.15, 0.2) is 0 Å². The second kappa shape index (κ2) is 6.68. The maximum atomic E-state index is 12.8. The molecule has 0 aromatic heterocycles. The molecule has 4 rings (SSSR count). The van der Waals surface area contributed by atoms with Crippen molar-refractivity contribution in [1.82, 2.24) is 14.7 Å². The average Bonchev–Trinajstić information content (AvgIpc) is 3.39. The Kier molecular flexibility index (Phi) is 4.63. The van der Waals surface area contributed by atoms with Gasteiger partial charge in [0.25, 0.3) is 0 Å². The lowest BCUT2D eigenvalue weighted by atomic mass is 9.88. The number of amides is 2. The summed E-state index contributed by atoms with van der Waals surface area (Å²) < 4.78 is 0. The van der Waals surface area contributed by atoms with Crippen LogP contribution >= 0.6 is 0 Å². The molecular weight excluding hydrogens is 334 g/mol. The standard InChI is InChI=1S/C19H31N3O4/c1-13-17(24)22-14(3-2-4-15(22)11-21(13)18(25)26)5-9-20-10-8-19(6-7-19)16(23)12-20/h13-16,23H,2-12H2,1H3,(H,25,26)/t13-,14+,15-,16+/m0/s1. The molecule has 2 N–H and O–H groups in total. The number of nitrogens with zero attached hydrogens (tertiary/aromatic N) is 3. The van der Waals surface area contributed by atoms with Crippen molar-refractivity contribution in [2.75, 3.05) is 26.2 Å². The Bertz CT molecular complexity index is 579. The molecule has 0 aromatic rings. The van der Waals surface area contributed by atoms with Crippen molar-refractivity contribution in [2.24, 2.45) is 5.41 Å². The Morgan fingerprint density at radius 3 is 2.65 bits per heavy atom. The summed E-state index contributed by atoms with van der Waals surface area (Å²) in [5.74, 6) is -0.0380. The minimum atomic E-state index is -0.996. The van der Waals surface area contributed by atoms with Crippen molar-refractivity contribution in [1.29, 1.82) is 0 Å². The van der Waals surface area contributed by atoms with Gasteiger partial charge in [-0.1, -0.05) is 0 Å². The fraction of sp³-hybridized carbons (Fsp3) is 0.895. The maximum absolute atomic E-state index is 12.8. The van der Waals surface area contributed by atoms with E-state index in [1.807, 2.05) is 4.90 Å². The van der Waals surface area contributed by atoms with E-state index in [1.165, 1.54) is 17.7 Å². The van der Waals surface area contributed by atoms with Gasteiger partial charge in [-0.2, -0.15) is 0 Å². The number of carboxylic acid groups (broad SMARTS) is 1. The van der Waals surface area contributed by atoms with Crippen LogP contribution in [0.4, 0.5) is 4.79 Å². The SMILES string of the molecule is C[C@H]1C(=O)N2[C@@H](CCN3CCC4(CC4)[C@H](O)C3)CCC[C@H]2CN1C(=O)O. The number of rotatable bonds is 3. The van der Waals surface area contributed by atoms with Crippen molar-refractivity contribution in [3.8, 4) is 0 Å². The van der Waals surface area contributed by atoms with Crippen molar-refractivity contribution >= 4 is 12.0 Å². The summed E-state index contributed by atoms with van der Waals surface area (Å²) in [6.07, 6.45) is 6.11. The van der Waals surface area contributed by atoms with Crippen LogP contribution in [0.2, 0.25) is 0 Å². The Labute approximate surface area is 154 Å². The van der Waals surface area contributed by atoms with Gasteiger partial charge >= 0.3 is 6.09 Å². The van der Waals surface area contributed by atoms with Crippen molar-refractivity contribution in [3.63, 3.8) is 0 Å². The first-order chi connectivity index (χ1) is 12.4. The third kappa shape index (κ3) is 3.09. The Hall–Kier alpha value is -1.34. The lowest BCUT2D eigenvalue weighted by Gasteiger charge is -2.50. The normalized spacial score (nSPS) is 36.9. The van der Waals surface area contributed by atoms with Crippen LogP contribution in [0.3, 0.4) is 0 Å². The predicted molar refractivity (Wildman–Crippen MR) is 95.8 cm³/mol. The molecule has 3 heterocycles. The fourth-order valence-electron chi connectivity index (χ4n) is 5.32. The lowest BCUT2D eigenvalue weighted by Crippen LogP contribution is -2.65. The average molecular weight is 365 g/mol. The van der Waals surface area contributed by atoms with Crippen LogP contribution < -0.4 is 0 Å². The van der Waals surface area contributed by atoms with Crippen LogP contribution in [-0.2, 0) is 4.79 Å². The number of piperidine rings is 2. The van der Waals surface area contributed by atoms with E-state index >= 15 is 0 Å². The van der Waals surface area contributed by atoms with Crippen LogP contribution in [-0.4, -0.2) is 87.3 Å². The molecule has 26 heavy (non-hydrogen) atoms. The molecule has 4 atom stereocenters. The van der Waals surface area contributed by atoms with Crippen molar-refractivity contribution < 1.29 is 19.8 Å². The lowest BCUT2D eigenvalue weighted by molar-refractivity contribution is -0.150. The predicted octanol–water partition coefficient (Wildman–Crippen LogP) is 1.36. The van der Waals surface area contributed by atoms with Gasteiger partial charge in [0.2, 0.25) is 5.91 Å². The number of fused-ring (bicyclic) bond motifs is 1. The largest absolute Gasteiger partial charge is 0.465 e. The summed E-state index contributed by atoms with van der Waals surface area (Å²) in [5, 5.41) is 19.7. The van der Waals surface area contributed by atoms with Crippen LogP contribution in [0.15, 0.2) is 0 Å². The molecule has 2 amide bonds. The molecule has 3 aliphatic heterocycles. The summed E-state index contributed by atoms with van der Waals surface area (Å²) in [7, 11) is 0. The summed E-state index contributed by atoms with van der Waals surface area (Å²) in [6, 6.07) is -0.361. The van der Waals surface area contributed by atoms with E-state index in [4.69, 9.17) is 0 Å². The van der Waals surface area contributed by atoms with Crippen LogP contribution in [0.25, 0.3) is 0 Å². The van der Waals surface area contributed by atoms with Gasteiger partial charge in [-0.3, -0.25) is 9.69 Å². The van der Waals surface area contributed by atoms with Crippen LogP contribution in [0, 0.1) is 5.41 Å². The molecule has 1 spiro atoms. The number of carbonyl (C=O) groups is 2. The van der Waals surface area contributed by atoms with Gasteiger partial charge in [-0.05, 0) is 63.8 Å². The third-order valence-electron chi connectivity index (χ3n) is 7.33. The zero-order valence-corrected chi connectivity index (χ0v) is 15.6. The van der Waals surface area contributed by atoms with Crippen LogP contribution in [0.1, 0.15) is 51.9 Å². The molecule has 4 fully saturated rings. The highest BCUT2D eigenvalue weighted by Crippen LogP contribution is 2.53. The van der Waals surface area contributed by atoms with E-state index in [0.29, 0.717) is 6.54 Å². The monoisotopic (exact) mass is 365 g/mol. The quantitative estimate of drug-likeness (QED) is 0.789. The number of aliphatic hydroxyl groups is 1. The van der Waals surface area contributed by atoms with Crippen LogP contribution in [0.5, 0.6) is 0 Å². The molecule has 0 aromatic carbocycles. The molecule has 7 heteroatoms. The number of piperazine rings is 1. The van der Waals surface area contributed by atoms with Gasteiger partial charge in [0.1, 0.15) is 6.04 Å². The number of β-amino-alcohol motifs (C(OH)–C–C–N with tert-alkyl or cyclic N) is 1. The fourth-order valence-corrected chi connectivity index (χ4v) is 5.32. The van der Waals surface area contributed by atoms with Crippen molar-refractivity contribution in [2.45, 2.75) is 76.1 Å². The van der Waals surface area contributed by atoms with E-state index in [2.05, 4.69) is 4.90 Å². The molecule has 1 aliphatic carbocycles. The number of hydrogen-bond donors (Lipinski definition) is 2. The molecule has 146 valence electrons. The summed E-state index contributed by atoms with van der Waals surface area (Å²) >= 11 is 0. The number of hydrogen-bond acceptors (Lipinski definition) is 4. The smallest absolute Gasteiger partial charge is 0.408 e. The Morgan fingerprint density at radius 1 is 1.23 bits per heavy atom. The second-order valence-corrected chi connectivity index (χ2v) is 8.81. The van der Waals surface area contributed by atoms with Gasteiger partial charge in [-0.25, -0.2) is 4.79 Å². The maximum Gasteiger partial charge on any atom is 0.408 e. The number of aliphatic hydroxyl groups excluding tert-OH is 1. The molecule has 0 bridgehead atoms. The second-order valence-electron chi connectivity index (χ2n) is 8.81. The Morgan fingerprint density at radius 2 is 2.00 bits per heavy atom. The molecular formula is C19H31N3O4. The molecule has 7 nitrogen and oxygen atoms in total. The highest BCUT2D eigenvalue weighted by Gasteiger charge is 2.51. The highest BCUT2D eigenvalue weighted by molar-refractivity contribution is 5.86. The van der Waals surface area contributed by atoms with E-state index < -0.39 is 12.1 Å². The van der Waals surface area contributed by atoms with E-state index in [1.54, 1.807) is 6.92 Å². The number of carbonyl (C=O) groups excluding carboxylic acids is 1. The van der Waals surface area contributed by atoms with Gasteiger partial charge in [0.05, 0.1) is 6.10 Å². The Balaban J connectivity index is 1.36. The molecule has 0 radical (unpaired) electrons. The molecule has 0 unspecified atom stereocenters. The first-order valence-corrected chi connectivity index (χ1v) is 10.1. The molecule has 3 saturated heterocycles. The first-order valence-electron chi connectivity index (χ1n) is 10.1. The number of likely N-dealkylation sites (tertiary alicyclic amines) is 1. The molecule has 4 aliphatic rings. The summed E-state index contributed by atoms with van der Waals surface area (Å²) in [5.41, 5.74) is 0.227. The van der Waals surface area contributed by atoms with E-state index in [-0.39, 0.29) is 29.5 Å². The summed E-state index contributed by atoms with van der Waals surface area (Å²) in [4.78, 5) is 29.9. The topological polar surface area (TPSA) is 84.3 Å².